The second kappa shape index (κ2) is 9.11. The number of amides is 2. The van der Waals surface area contributed by atoms with Gasteiger partial charge in [0.25, 0.3) is 0 Å². The molecule has 1 saturated heterocycles. The van der Waals surface area contributed by atoms with Crippen LogP contribution < -0.4 is 10.7 Å². The van der Waals surface area contributed by atoms with Gasteiger partial charge in [0.2, 0.25) is 0 Å². The van der Waals surface area contributed by atoms with Crippen LogP contribution >= 0.6 is 11.3 Å². The topological polar surface area (TPSA) is 82.5 Å². The van der Waals surface area contributed by atoms with E-state index in [-0.39, 0.29) is 0 Å². The largest absolute Gasteiger partial charge is 0.341 e. The van der Waals surface area contributed by atoms with Crippen molar-refractivity contribution in [2.75, 3.05) is 18.4 Å². The van der Waals surface area contributed by atoms with Crippen LogP contribution in [0, 0.1) is 5.92 Å². The van der Waals surface area contributed by atoms with Crippen LogP contribution in [-0.4, -0.2) is 40.2 Å². The second-order valence-corrected chi connectivity index (χ2v) is 8.39. The average Bonchev–Trinajstić information content (AvgIpc) is 3.12. The number of carbonyl (C=O) groups excluding carboxylic acids is 1. The van der Waals surface area contributed by atoms with E-state index in [1.165, 1.54) is 36.0 Å². The number of aromatic nitrogens is 2. The monoisotopic (exact) mass is 408 g/mol. The molecule has 29 heavy (non-hydrogen) atoms. The second-order valence-electron chi connectivity index (χ2n) is 7.36. The normalized spacial score (nSPS) is 15.8. The summed E-state index contributed by atoms with van der Waals surface area (Å²) in [4.78, 5) is 23.1. The number of likely N-dealkylation sites (tertiary alicyclic amines) is 1. The van der Waals surface area contributed by atoms with Gasteiger partial charge < -0.3 is 0 Å². The number of carbonyl (C=O) groups is 1. The molecule has 2 amide bonds. The number of nitrogens with one attached hydrogen (secondary N) is 2. The predicted octanol–water partition coefficient (Wildman–Crippen LogP) is 4.08. The smallest absolute Gasteiger partial charge is 0.299 e. The third-order valence-corrected chi connectivity index (χ3v) is 5.94. The van der Waals surface area contributed by atoms with E-state index in [9.17, 15) is 4.79 Å². The van der Waals surface area contributed by atoms with Crippen molar-refractivity contribution in [3.63, 3.8) is 0 Å². The van der Waals surface area contributed by atoms with Crippen molar-refractivity contribution in [3.8, 4) is 0 Å². The van der Waals surface area contributed by atoms with Crippen molar-refractivity contribution in [2.24, 2.45) is 11.0 Å². The lowest BCUT2D eigenvalue weighted by Crippen LogP contribution is -2.32. The number of piperidine rings is 1. The first kappa shape index (κ1) is 19.5. The molecule has 1 aliphatic heterocycles. The quantitative estimate of drug-likeness (QED) is 0.492. The molecule has 1 aromatic carbocycles. The van der Waals surface area contributed by atoms with Crippen LogP contribution in [0.5, 0.6) is 0 Å². The number of thiazole rings is 1. The van der Waals surface area contributed by atoms with E-state index in [0.29, 0.717) is 10.8 Å². The Kier molecular flexibility index (Phi) is 6.12. The van der Waals surface area contributed by atoms with Gasteiger partial charge in [0.05, 0.1) is 22.1 Å². The van der Waals surface area contributed by atoms with Crippen molar-refractivity contribution in [1.82, 2.24) is 20.3 Å². The molecule has 1 fully saturated rings. The molecule has 3 heterocycles. The lowest BCUT2D eigenvalue weighted by molar-refractivity contribution is 0.185. The zero-order valence-corrected chi connectivity index (χ0v) is 17.2. The molecule has 3 aromatic rings. The fraction of sp³-hybridized carbons (Fsp3) is 0.333. The van der Waals surface area contributed by atoms with Crippen LogP contribution in [0.25, 0.3) is 10.2 Å². The maximum absolute atomic E-state index is 12.0. The third-order valence-electron chi connectivity index (χ3n) is 5.01. The van der Waals surface area contributed by atoms with E-state index in [0.717, 1.165) is 35.8 Å². The van der Waals surface area contributed by atoms with Crippen molar-refractivity contribution in [3.05, 3.63) is 53.9 Å². The SMILES string of the molecule is CC1CCN(Cc2ccc3nc(NC(=O)N/N=C/c4ccccn4)sc3c2)CC1. The molecular weight excluding hydrogens is 384 g/mol. The Bertz CT molecular complexity index is 995. The highest BCUT2D eigenvalue weighted by Crippen LogP contribution is 2.27. The minimum Gasteiger partial charge on any atom is -0.299 e. The number of hydrogen-bond donors (Lipinski definition) is 2. The maximum Gasteiger partial charge on any atom is 0.341 e. The molecule has 1 aliphatic rings. The summed E-state index contributed by atoms with van der Waals surface area (Å²) in [5.74, 6) is 0.836. The molecule has 2 aromatic heterocycles. The number of rotatable bonds is 5. The minimum absolute atomic E-state index is 0.432. The van der Waals surface area contributed by atoms with Gasteiger partial charge >= 0.3 is 6.03 Å². The summed E-state index contributed by atoms with van der Waals surface area (Å²) in [6.45, 7) is 5.61. The summed E-state index contributed by atoms with van der Waals surface area (Å²) in [5, 5.41) is 7.18. The van der Waals surface area contributed by atoms with E-state index in [1.54, 1.807) is 12.3 Å². The van der Waals surface area contributed by atoms with E-state index in [2.05, 4.69) is 49.8 Å². The number of benzene rings is 1. The minimum atomic E-state index is -0.432. The summed E-state index contributed by atoms with van der Waals surface area (Å²) in [7, 11) is 0. The van der Waals surface area contributed by atoms with E-state index in [4.69, 9.17) is 0 Å². The highest BCUT2D eigenvalue weighted by Gasteiger charge is 2.16. The fourth-order valence-corrected chi connectivity index (χ4v) is 4.26. The van der Waals surface area contributed by atoms with Crippen LogP contribution in [-0.2, 0) is 6.54 Å². The summed E-state index contributed by atoms with van der Waals surface area (Å²) in [6, 6.07) is 11.4. The zero-order valence-electron chi connectivity index (χ0n) is 16.3. The molecule has 0 aliphatic carbocycles. The zero-order chi connectivity index (χ0) is 20.1. The Balaban J connectivity index is 1.34. The Labute approximate surface area is 173 Å². The number of fused-ring (bicyclic) bond motifs is 1. The number of urea groups is 1. The van der Waals surface area contributed by atoms with Crippen LogP contribution in [0.2, 0.25) is 0 Å². The van der Waals surface area contributed by atoms with Gasteiger partial charge in [-0.15, -0.1) is 0 Å². The molecule has 7 nitrogen and oxygen atoms in total. The Morgan fingerprint density at radius 2 is 2.17 bits per heavy atom. The third kappa shape index (κ3) is 5.36. The summed E-state index contributed by atoms with van der Waals surface area (Å²) < 4.78 is 1.07. The Morgan fingerprint density at radius 1 is 1.31 bits per heavy atom. The van der Waals surface area contributed by atoms with Crippen molar-refractivity contribution < 1.29 is 4.79 Å². The molecule has 2 N–H and O–H groups in total. The standard InChI is InChI=1S/C21H24N6OS/c1-15-7-10-27(11-8-15)14-16-5-6-18-19(12-16)29-21(24-18)25-20(28)26-23-13-17-4-2-3-9-22-17/h2-6,9,12-13,15H,7-8,10-11,14H2,1H3,(H2,24,25,26,28)/b23-13+. The molecule has 4 rings (SSSR count). The van der Waals surface area contributed by atoms with Crippen molar-refractivity contribution in [2.45, 2.75) is 26.3 Å². The van der Waals surface area contributed by atoms with Crippen LogP contribution in [0.1, 0.15) is 31.0 Å². The number of hydrogen-bond acceptors (Lipinski definition) is 6. The molecule has 8 heteroatoms. The highest BCUT2D eigenvalue weighted by atomic mass is 32.1. The van der Waals surface area contributed by atoms with Crippen molar-refractivity contribution in [1.29, 1.82) is 0 Å². The van der Waals surface area contributed by atoms with E-state index >= 15 is 0 Å². The van der Waals surface area contributed by atoms with Gasteiger partial charge in [-0.05, 0) is 61.7 Å². The van der Waals surface area contributed by atoms with Gasteiger partial charge in [-0.2, -0.15) is 5.10 Å². The van der Waals surface area contributed by atoms with E-state index < -0.39 is 6.03 Å². The summed E-state index contributed by atoms with van der Waals surface area (Å²) in [5.41, 5.74) is 5.27. The maximum atomic E-state index is 12.0. The van der Waals surface area contributed by atoms with Gasteiger partial charge in [0.1, 0.15) is 0 Å². The summed E-state index contributed by atoms with van der Waals surface area (Å²) in [6.07, 6.45) is 5.71. The Hall–Kier alpha value is -2.84. The molecule has 150 valence electrons. The summed E-state index contributed by atoms with van der Waals surface area (Å²) >= 11 is 1.47. The average molecular weight is 409 g/mol. The molecular formula is C21H24N6OS. The van der Waals surface area contributed by atoms with Gasteiger partial charge in [-0.3, -0.25) is 15.2 Å². The number of pyridine rings is 1. The first-order chi connectivity index (χ1) is 14.2. The molecule has 0 atom stereocenters. The molecule has 0 spiro atoms. The number of hydrazone groups is 1. The Morgan fingerprint density at radius 3 is 2.97 bits per heavy atom. The fourth-order valence-electron chi connectivity index (χ4n) is 3.33. The predicted molar refractivity (Wildman–Crippen MR) is 117 cm³/mol. The molecule has 0 radical (unpaired) electrons. The van der Waals surface area contributed by atoms with Gasteiger partial charge in [0, 0.05) is 12.7 Å². The van der Waals surface area contributed by atoms with Crippen LogP contribution in [0.4, 0.5) is 9.93 Å². The molecule has 0 unspecified atom stereocenters. The number of nitrogens with zero attached hydrogens (tertiary/aromatic N) is 4. The van der Waals surface area contributed by atoms with Crippen LogP contribution in [0.15, 0.2) is 47.7 Å². The van der Waals surface area contributed by atoms with Gasteiger partial charge in [-0.1, -0.05) is 30.4 Å². The van der Waals surface area contributed by atoms with Crippen LogP contribution in [0.3, 0.4) is 0 Å². The molecule has 0 saturated carbocycles. The van der Waals surface area contributed by atoms with Gasteiger partial charge in [-0.25, -0.2) is 15.2 Å². The molecule has 0 bridgehead atoms. The first-order valence-corrected chi connectivity index (χ1v) is 10.6. The highest BCUT2D eigenvalue weighted by molar-refractivity contribution is 7.22. The first-order valence-electron chi connectivity index (χ1n) is 9.78. The lowest BCUT2D eigenvalue weighted by Gasteiger charge is -2.30. The van der Waals surface area contributed by atoms with Crippen molar-refractivity contribution >= 4 is 38.9 Å². The lowest BCUT2D eigenvalue weighted by atomic mass is 9.99. The van der Waals surface area contributed by atoms with Gasteiger partial charge in [0.15, 0.2) is 5.13 Å². The number of anilines is 1. The van der Waals surface area contributed by atoms with E-state index in [1.807, 2.05) is 18.2 Å².